The first-order valence-electron chi connectivity index (χ1n) is 6.59. The van der Waals surface area contributed by atoms with Gasteiger partial charge in [0.15, 0.2) is 0 Å². The van der Waals surface area contributed by atoms with Crippen LogP contribution in [0.1, 0.15) is 31.2 Å². The number of anilines is 1. The van der Waals surface area contributed by atoms with Gasteiger partial charge in [-0.05, 0) is 47.9 Å². The fraction of sp³-hybridized carbons (Fsp3) is 0.333. The maximum absolute atomic E-state index is 4.74. The molecule has 1 heterocycles. The topological polar surface area (TPSA) is 37.8 Å². The van der Waals surface area contributed by atoms with E-state index in [-0.39, 0.29) is 5.41 Å². The fourth-order valence-corrected chi connectivity index (χ4v) is 2.86. The Morgan fingerprint density at radius 1 is 1.26 bits per heavy atom. The Balaban J connectivity index is 2.01. The maximum atomic E-state index is 4.74. The summed E-state index contributed by atoms with van der Waals surface area (Å²) in [5.74, 6) is 1.91. The normalized spacial score (nSPS) is 16.1. The minimum Gasteiger partial charge on any atom is -0.369 e. The van der Waals surface area contributed by atoms with E-state index in [1.54, 1.807) is 0 Å². The molecule has 4 heteroatoms. The van der Waals surface area contributed by atoms with Crippen LogP contribution in [0.2, 0.25) is 0 Å². The van der Waals surface area contributed by atoms with Crippen LogP contribution < -0.4 is 5.32 Å². The monoisotopic (exact) mass is 365 g/mol. The molecule has 2 aromatic rings. The van der Waals surface area contributed by atoms with Crippen molar-refractivity contribution >= 4 is 28.4 Å². The molecule has 19 heavy (non-hydrogen) atoms. The van der Waals surface area contributed by atoms with Gasteiger partial charge in [-0.3, -0.25) is 0 Å². The number of hydrogen-bond acceptors (Lipinski definition) is 3. The maximum Gasteiger partial charge on any atom is 0.143 e. The van der Waals surface area contributed by atoms with E-state index < -0.39 is 0 Å². The van der Waals surface area contributed by atoms with Crippen molar-refractivity contribution in [2.75, 3.05) is 11.9 Å². The van der Waals surface area contributed by atoms with Crippen molar-refractivity contribution in [3.63, 3.8) is 0 Å². The first-order valence-corrected chi connectivity index (χ1v) is 7.66. The molecule has 1 saturated carbocycles. The highest BCUT2D eigenvalue weighted by Crippen LogP contribution is 2.52. The van der Waals surface area contributed by atoms with Gasteiger partial charge in [-0.25, -0.2) is 9.97 Å². The van der Waals surface area contributed by atoms with Crippen molar-refractivity contribution in [1.82, 2.24) is 9.97 Å². The van der Waals surface area contributed by atoms with E-state index in [9.17, 15) is 0 Å². The van der Waals surface area contributed by atoms with Crippen molar-refractivity contribution in [1.29, 1.82) is 0 Å². The molecule has 0 atom stereocenters. The molecule has 0 bridgehead atoms. The highest BCUT2D eigenvalue weighted by molar-refractivity contribution is 14.1. The van der Waals surface area contributed by atoms with Crippen LogP contribution in [0.3, 0.4) is 0 Å². The molecule has 1 aliphatic rings. The van der Waals surface area contributed by atoms with Gasteiger partial charge in [0.25, 0.3) is 0 Å². The molecular formula is C15H16IN3. The first kappa shape index (κ1) is 12.8. The Morgan fingerprint density at radius 2 is 2.00 bits per heavy atom. The van der Waals surface area contributed by atoms with E-state index in [1.165, 1.54) is 5.56 Å². The molecule has 0 spiro atoms. The lowest BCUT2D eigenvalue weighted by Gasteiger charge is -2.16. The standard InChI is InChI=1S/C15H16IN3/c1-2-17-13-12(16)10-18-14(19-13)15(8-9-15)11-6-4-3-5-7-11/h3-7,10H,2,8-9H2,1H3,(H,17,18,19). The molecule has 1 aliphatic carbocycles. The van der Waals surface area contributed by atoms with Crippen molar-refractivity contribution in [2.45, 2.75) is 25.2 Å². The Morgan fingerprint density at radius 3 is 2.63 bits per heavy atom. The van der Waals surface area contributed by atoms with E-state index in [1.807, 2.05) is 6.20 Å². The van der Waals surface area contributed by atoms with Crippen LogP contribution in [0.15, 0.2) is 36.5 Å². The summed E-state index contributed by atoms with van der Waals surface area (Å²) in [6.07, 6.45) is 4.20. The van der Waals surface area contributed by atoms with Crippen LogP contribution in [0.5, 0.6) is 0 Å². The second-order valence-electron chi connectivity index (χ2n) is 4.87. The van der Waals surface area contributed by atoms with Crippen LogP contribution in [-0.4, -0.2) is 16.5 Å². The second-order valence-corrected chi connectivity index (χ2v) is 6.03. The Kier molecular flexibility index (Phi) is 3.43. The summed E-state index contributed by atoms with van der Waals surface area (Å²) < 4.78 is 1.08. The third-order valence-electron chi connectivity index (χ3n) is 3.59. The van der Waals surface area contributed by atoms with E-state index in [4.69, 9.17) is 4.98 Å². The van der Waals surface area contributed by atoms with Gasteiger partial charge < -0.3 is 5.32 Å². The molecule has 0 radical (unpaired) electrons. The number of benzene rings is 1. The lowest BCUT2D eigenvalue weighted by Crippen LogP contribution is -2.15. The van der Waals surface area contributed by atoms with E-state index in [2.05, 4.69) is 70.1 Å². The highest BCUT2D eigenvalue weighted by atomic mass is 127. The average molecular weight is 365 g/mol. The first-order chi connectivity index (χ1) is 9.26. The minimum atomic E-state index is 0.0514. The number of halogens is 1. The summed E-state index contributed by atoms with van der Waals surface area (Å²) in [5, 5.41) is 3.31. The molecule has 0 saturated heterocycles. The summed E-state index contributed by atoms with van der Waals surface area (Å²) in [6, 6.07) is 10.6. The molecule has 3 rings (SSSR count). The number of aromatic nitrogens is 2. The highest BCUT2D eigenvalue weighted by Gasteiger charge is 2.48. The Bertz CT molecular complexity index is 579. The van der Waals surface area contributed by atoms with Gasteiger partial charge >= 0.3 is 0 Å². The van der Waals surface area contributed by atoms with Crippen molar-refractivity contribution < 1.29 is 0 Å². The number of hydrogen-bond donors (Lipinski definition) is 1. The van der Waals surface area contributed by atoms with E-state index in [0.29, 0.717) is 0 Å². The number of rotatable bonds is 4. The Labute approximate surface area is 127 Å². The van der Waals surface area contributed by atoms with Gasteiger partial charge in [-0.15, -0.1) is 0 Å². The predicted octanol–water partition coefficient (Wildman–Crippen LogP) is 3.59. The molecule has 1 fully saturated rings. The van der Waals surface area contributed by atoms with Crippen LogP contribution in [0.25, 0.3) is 0 Å². The molecule has 0 unspecified atom stereocenters. The fourth-order valence-electron chi connectivity index (χ4n) is 2.41. The Hall–Kier alpha value is -1.17. The molecule has 0 aliphatic heterocycles. The molecular weight excluding hydrogens is 349 g/mol. The third-order valence-corrected chi connectivity index (χ3v) is 4.38. The van der Waals surface area contributed by atoms with Crippen LogP contribution in [0, 0.1) is 3.57 Å². The van der Waals surface area contributed by atoms with E-state index >= 15 is 0 Å². The zero-order valence-electron chi connectivity index (χ0n) is 10.9. The zero-order chi connectivity index (χ0) is 13.3. The third kappa shape index (κ3) is 2.33. The summed E-state index contributed by atoms with van der Waals surface area (Å²) >= 11 is 2.28. The van der Waals surface area contributed by atoms with Gasteiger partial charge in [0.2, 0.25) is 0 Å². The summed E-state index contributed by atoms with van der Waals surface area (Å²) in [5.41, 5.74) is 1.38. The molecule has 1 aromatic heterocycles. The summed E-state index contributed by atoms with van der Waals surface area (Å²) in [7, 11) is 0. The largest absolute Gasteiger partial charge is 0.369 e. The van der Waals surface area contributed by atoms with Gasteiger partial charge in [-0.2, -0.15) is 0 Å². The minimum absolute atomic E-state index is 0.0514. The van der Waals surface area contributed by atoms with Crippen LogP contribution in [-0.2, 0) is 5.41 Å². The van der Waals surface area contributed by atoms with Gasteiger partial charge in [0.1, 0.15) is 11.6 Å². The van der Waals surface area contributed by atoms with E-state index in [0.717, 1.165) is 34.6 Å². The van der Waals surface area contributed by atoms with Gasteiger partial charge in [0.05, 0.1) is 8.99 Å². The summed E-state index contributed by atoms with van der Waals surface area (Å²) in [4.78, 5) is 9.32. The lowest BCUT2D eigenvalue weighted by molar-refractivity contribution is 0.753. The smallest absolute Gasteiger partial charge is 0.143 e. The van der Waals surface area contributed by atoms with Gasteiger partial charge in [-0.1, -0.05) is 30.3 Å². The quantitative estimate of drug-likeness (QED) is 0.842. The van der Waals surface area contributed by atoms with Crippen molar-refractivity contribution in [2.24, 2.45) is 0 Å². The average Bonchev–Trinajstić information content (AvgIpc) is 3.24. The molecule has 98 valence electrons. The number of nitrogens with zero attached hydrogens (tertiary/aromatic N) is 2. The second kappa shape index (κ2) is 5.07. The van der Waals surface area contributed by atoms with Gasteiger partial charge in [0, 0.05) is 12.7 Å². The lowest BCUT2D eigenvalue weighted by atomic mass is 9.95. The predicted molar refractivity (Wildman–Crippen MR) is 85.4 cm³/mol. The zero-order valence-corrected chi connectivity index (χ0v) is 13.0. The van der Waals surface area contributed by atoms with Crippen molar-refractivity contribution in [3.8, 4) is 0 Å². The SMILES string of the molecule is CCNc1nc(C2(c3ccccc3)CC2)ncc1I. The van der Waals surface area contributed by atoms with Crippen LogP contribution >= 0.6 is 22.6 Å². The van der Waals surface area contributed by atoms with Crippen LogP contribution in [0.4, 0.5) is 5.82 Å². The molecule has 3 nitrogen and oxygen atoms in total. The molecule has 0 amide bonds. The number of nitrogens with one attached hydrogen (secondary N) is 1. The van der Waals surface area contributed by atoms with Crippen molar-refractivity contribution in [3.05, 3.63) is 51.5 Å². The summed E-state index contributed by atoms with van der Waals surface area (Å²) in [6.45, 7) is 2.97. The molecule has 1 N–H and O–H groups in total. The molecule has 1 aromatic carbocycles.